The second-order valence-corrected chi connectivity index (χ2v) is 8.53. The van der Waals surface area contributed by atoms with Gasteiger partial charge in [0, 0.05) is 34.6 Å². The maximum atomic E-state index is 12.3. The zero-order valence-corrected chi connectivity index (χ0v) is 15.8. The van der Waals surface area contributed by atoms with E-state index >= 15 is 0 Å². The summed E-state index contributed by atoms with van der Waals surface area (Å²) in [5, 5.41) is 7.64. The van der Waals surface area contributed by atoms with Crippen LogP contribution in [0, 0.1) is 0 Å². The van der Waals surface area contributed by atoms with Gasteiger partial charge in [-0.15, -0.1) is 11.3 Å². The first kappa shape index (κ1) is 18.7. The third-order valence-corrected chi connectivity index (χ3v) is 5.42. The van der Waals surface area contributed by atoms with E-state index in [1.807, 2.05) is 0 Å². The van der Waals surface area contributed by atoms with Gasteiger partial charge >= 0.3 is 0 Å². The molecule has 27 heavy (non-hydrogen) atoms. The Bertz CT molecular complexity index is 1060. The molecule has 7 nitrogen and oxygen atoms in total. The normalized spacial score (nSPS) is 11.0. The first-order valence-electron chi connectivity index (χ1n) is 7.75. The van der Waals surface area contributed by atoms with E-state index in [1.165, 1.54) is 35.6 Å². The fourth-order valence-electron chi connectivity index (χ4n) is 2.22. The van der Waals surface area contributed by atoms with E-state index < -0.39 is 9.84 Å². The maximum absolute atomic E-state index is 12.3. The lowest BCUT2D eigenvalue weighted by Crippen LogP contribution is -2.13. The number of nitrogens with one attached hydrogen (secondary N) is 2. The monoisotopic (exact) mass is 401 g/mol. The predicted molar refractivity (Wildman–Crippen MR) is 104 cm³/mol. The van der Waals surface area contributed by atoms with Gasteiger partial charge in [-0.25, -0.2) is 13.4 Å². The summed E-state index contributed by atoms with van der Waals surface area (Å²) < 4.78 is 22.9. The Kier molecular flexibility index (Phi) is 5.33. The lowest BCUT2D eigenvalue weighted by atomic mass is 10.1. The smallest absolute Gasteiger partial charge is 0.257 e. The number of hydrogen-bond acceptors (Lipinski definition) is 6. The highest BCUT2D eigenvalue weighted by Gasteiger charge is 2.11. The number of anilines is 2. The Labute approximate surface area is 160 Å². The molecule has 1 aromatic heterocycles. The SMILES string of the molecule is CS(=O)(=O)c1ccc(C(=O)Nc2ccc(C(=O)Nc3nccs3)cc2)cc1. The fourth-order valence-corrected chi connectivity index (χ4v) is 3.37. The van der Waals surface area contributed by atoms with Crippen LogP contribution in [-0.2, 0) is 9.84 Å². The number of carbonyl (C=O) groups is 2. The number of benzene rings is 2. The van der Waals surface area contributed by atoms with Gasteiger partial charge in [0.25, 0.3) is 11.8 Å². The van der Waals surface area contributed by atoms with Crippen molar-refractivity contribution in [1.82, 2.24) is 4.98 Å². The van der Waals surface area contributed by atoms with Gasteiger partial charge in [0.1, 0.15) is 0 Å². The van der Waals surface area contributed by atoms with Crippen molar-refractivity contribution in [1.29, 1.82) is 0 Å². The van der Waals surface area contributed by atoms with E-state index in [1.54, 1.807) is 35.8 Å². The number of nitrogens with zero attached hydrogens (tertiary/aromatic N) is 1. The predicted octanol–water partition coefficient (Wildman–Crippen LogP) is 3.05. The van der Waals surface area contributed by atoms with Gasteiger partial charge < -0.3 is 5.32 Å². The van der Waals surface area contributed by atoms with E-state index in [4.69, 9.17) is 0 Å². The Morgan fingerprint density at radius 2 is 1.44 bits per heavy atom. The third-order valence-electron chi connectivity index (χ3n) is 3.60. The van der Waals surface area contributed by atoms with Crippen molar-refractivity contribution in [3.8, 4) is 0 Å². The molecule has 0 aliphatic carbocycles. The minimum Gasteiger partial charge on any atom is -0.322 e. The summed E-state index contributed by atoms with van der Waals surface area (Å²) in [5.41, 5.74) is 1.27. The summed E-state index contributed by atoms with van der Waals surface area (Å²) in [5.74, 6) is -0.672. The molecule has 0 saturated heterocycles. The summed E-state index contributed by atoms with van der Waals surface area (Å²) in [4.78, 5) is 28.5. The highest BCUT2D eigenvalue weighted by molar-refractivity contribution is 7.90. The lowest BCUT2D eigenvalue weighted by Gasteiger charge is -2.07. The lowest BCUT2D eigenvalue weighted by molar-refractivity contribution is 0.102. The van der Waals surface area contributed by atoms with Crippen LogP contribution >= 0.6 is 11.3 Å². The zero-order valence-electron chi connectivity index (χ0n) is 14.2. The molecule has 9 heteroatoms. The second kappa shape index (κ2) is 7.68. The summed E-state index contributed by atoms with van der Waals surface area (Å²) in [6.45, 7) is 0. The van der Waals surface area contributed by atoms with Crippen LogP contribution in [0.25, 0.3) is 0 Å². The van der Waals surface area contributed by atoms with E-state index in [2.05, 4.69) is 15.6 Å². The Balaban J connectivity index is 1.65. The van der Waals surface area contributed by atoms with Gasteiger partial charge in [0.2, 0.25) is 0 Å². The Hall–Kier alpha value is -3.04. The van der Waals surface area contributed by atoms with Gasteiger partial charge in [-0.3, -0.25) is 14.9 Å². The number of rotatable bonds is 5. The van der Waals surface area contributed by atoms with Crippen molar-refractivity contribution < 1.29 is 18.0 Å². The van der Waals surface area contributed by atoms with E-state index in [-0.39, 0.29) is 16.7 Å². The molecular formula is C18H15N3O4S2. The highest BCUT2D eigenvalue weighted by atomic mass is 32.2. The van der Waals surface area contributed by atoms with Crippen molar-refractivity contribution in [3.05, 3.63) is 71.2 Å². The Morgan fingerprint density at radius 3 is 1.96 bits per heavy atom. The van der Waals surface area contributed by atoms with Gasteiger partial charge in [-0.05, 0) is 48.5 Å². The van der Waals surface area contributed by atoms with Crippen LogP contribution in [0.2, 0.25) is 0 Å². The summed E-state index contributed by atoms with van der Waals surface area (Å²) in [7, 11) is -3.31. The zero-order chi connectivity index (χ0) is 19.4. The minimum atomic E-state index is -3.31. The molecule has 0 spiro atoms. The second-order valence-electron chi connectivity index (χ2n) is 5.62. The largest absolute Gasteiger partial charge is 0.322 e. The summed E-state index contributed by atoms with van der Waals surface area (Å²) in [6.07, 6.45) is 2.70. The molecule has 2 amide bonds. The number of aromatic nitrogens is 1. The average molecular weight is 401 g/mol. The molecule has 0 radical (unpaired) electrons. The molecule has 3 aromatic rings. The molecule has 0 aliphatic heterocycles. The van der Waals surface area contributed by atoms with Crippen molar-refractivity contribution in [2.45, 2.75) is 4.90 Å². The maximum Gasteiger partial charge on any atom is 0.257 e. The van der Waals surface area contributed by atoms with Crippen LogP contribution in [0.1, 0.15) is 20.7 Å². The third kappa shape index (κ3) is 4.78. The van der Waals surface area contributed by atoms with E-state index in [9.17, 15) is 18.0 Å². The van der Waals surface area contributed by atoms with Crippen LogP contribution in [0.15, 0.2) is 65.0 Å². The number of hydrogen-bond donors (Lipinski definition) is 2. The molecular weight excluding hydrogens is 386 g/mol. The van der Waals surface area contributed by atoms with Crippen LogP contribution in [0.4, 0.5) is 10.8 Å². The van der Waals surface area contributed by atoms with Crippen LogP contribution in [0.5, 0.6) is 0 Å². The van der Waals surface area contributed by atoms with Crippen LogP contribution in [-0.4, -0.2) is 31.5 Å². The molecule has 0 saturated carbocycles. The molecule has 1 heterocycles. The van der Waals surface area contributed by atoms with Crippen molar-refractivity contribution in [3.63, 3.8) is 0 Å². The number of thiazole rings is 1. The standard InChI is InChI=1S/C18H15N3O4S2/c1-27(24,25)15-8-4-13(5-9-15)16(22)20-14-6-2-12(3-7-14)17(23)21-18-19-10-11-26-18/h2-11H,1H3,(H,20,22)(H,19,21,23). The topological polar surface area (TPSA) is 105 Å². The quantitative estimate of drug-likeness (QED) is 0.684. The fraction of sp³-hybridized carbons (Fsp3) is 0.0556. The molecule has 0 atom stereocenters. The van der Waals surface area contributed by atoms with Gasteiger partial charge in [0.15, 0.2) is 15.0 Å². The van der Waals surface area contributed by atoms with Crippen molar-refractivity contribution in [2.75, 3.05) is 16.9 Å². The number of carbonyl (C=O) groups excluding carboxylic acids is 2. The first-order valence-corrected chi connectivity index (χ1v) is 10.5. The molecule has 2 N–H and O–H groups in total. The average Bonchev–Trinajstić information content (AvgIpc) is 3.14. The molecule has 138 valence electrons. The van der Waals surface area contributed by atoms with E-state index in [0.29, 0.717) is 21.9 Å². The number of amides is 2. The summed E-state index contributed by atoms with van der Waals surface area (Å²) in [6, 6.07) is 12.1. The first-order chi connectivity index (χ1) is 12.8. The van der Waals surface area contributed by atoms with E-state index in [0.717, 1.165) is 6.26 Å². The number of sulfone groups is 1. The summed E-state index contributed by atoms with van der Waals surface area (Å²) >= 11 is 1.32. The minimum absolute atomic E-state index is 0.148. The molecule has 0 unspecified atom stereocenters. The molecule has 0 aliphatic rings. The molecule has 3 rings (SSSR count). The van der Waals surface area contributed by atoms with Gasteiger partial charge in [-0.1, -0.05) is 0 Å². The Morgan fingerprint density at radius 1 is 0.889 bits per heavy atom. The van der Waals surface area contributed by atoms with Crippen molar-refractivity contribution >= 4 is 43.8 Å². The highest BCUT2D eigenvalue weighted by Crippen LogP contribution is 2.16. The van der Waals surface area contributed by atoms with Gasteiger partial charge in [-0.2, -0.15) is 0 Å². The van der Waals surface area contributed by atoms with Crippen LogP contribution in [0.3, 0.4) is 0 Å². The molecule has 0 fully saturated rings. The van der Waals surface area contributed by atoms with Crippen molar-refractivity contribution in [2.24, 2.45) is 0 Å². The van der Waals surface area contributed by atoms with Crippen LogP contribution < -0.4 is 10.6 Å². The molecule has 0 bridgehead atoms. The van der Waals surface area contributed by atoms with Gasteiger partial charge in [0.05, 0.1) is 4.90 Å². The molecule has 2 aromatic carbocycles.